The maximum absolute atomic E-state index is 13.0. The molecule has 0 saturated heterocycles. The maximum atomic E-state index is 13.0. The van der Waals surface area contributed by atoms with Gasteiger partial charge in [0.25, 0.3) is 5.91 Å². The molecule has 0 atom stereocenters. The lowest BCUT2D eigenvalue weighted by molar-refractivity contribution is -0.389. The summed E-state index contributed by atoms with van der Waals surface area (Å²) in [6, 6.07) is 5.06. The quantitative estimate of drug-likeness (QED) is 0.532. The van der Waals surface area contributed by atoms with Gasteiger partial charge >= 0.3 is 5.82 Å². The van der Waals surface area contributed by atoms with Crippen LogP contribution in [0.15, 0.2) is 36.7 Å². The van der Waals surface area contributed by atoms with E-state index in [9.17, 15) is 19.3 Å². The van der Waals surface area contributed by atoms with Crippen LogP contribution in [-0.4, -0.2) is 30.8 Å². The summed E-state index contributed by atoms with van der Waals surface area (Å²) >= 11 is 5.96. The van der Waals surface area contributed by atoms with E-state index in [4.69, 9.17) is 11.6 Å². The highest BCUT2D eigenvalue weighted by Gasteiger charge is 2.17. The fourth-order valence-corrected chi connectivity index (χ4v) is 2.28. The summed E-state index contributed by atoms with van der Waals surface area (Å²) in [5.41, 5.74) is 0.905. The first-order valence-electron chi connectivity index (χ1n) is 6.90. The number of H-pyrrole nitrogens is 1. The van der Waals surface area contributed by atoms with Crippen molar-refractivity contribution in [2.24, 2.45) is 0 Å². The van der Waals surface area contributed by atoms with Gasteiger partial charge in [-0.3, -0.25) is 9.48 Å². The van der Waals surface area contributed by atoms with Crippen LogP contribution in [-0.2, 0) is 6.54 Å². The molecule has 1 aromatic carbocycles. The van der Waals surface area contributed by atoms with Gasteiger partial charge in [-0.15, -0.1) is 5.10 Å². The molecule has 0 unspecified atom stereocenters. The number of halogens is 2. The second kappa shape index (κ2) is 6.69. The molecular formula is C14H10ClFN6O3. The fourth-order valence-electron chi connectivity index (χ4n) is 2.06. The first kappa shape index (κ1) is 16.6. The second-order valence-electron chi connectivity index (χ2n) is 5.01. The van der Waals surface area contributed by atoms with Gasteiger partial charge in [0.1, 0.15) is 5.82 Å². The predicted octanol–water partition coefficient (Wildman–Crippen LogP) is 2.61. The molecule has 0 aliphatic rings. The van der Waals surface area contributed by atoms with Crippen LogP contribution in [0.25, 0.3) is 0 Å². The minimum absolute atomic E-state index is 0.124. The molecule has 3 aromatic rings. The van der Waals surface area contributed by atoms with Gasteiger partial charge in [0, 0.05) is 11.2 Å². The molecule has 0 saturated carbocycles. The minimum Gasteiger partial charge on any atom is -0.358 e. The maximum Gasteiger partial charge on any atom is 0.343 e. The second-order valence-corrected chi connectivity index (χ2v) is 5.42. The third-order valence-corrected chi connectivity index (χ3v) is 3.58. The van der Waals surface area contributed by atoms with Crippen molar-refractivity contribution < 1.29 is 14.1 Å². The lowest BCUT2D eigenvalue weighted by atomic mass is 10.2. The summed E-state index contributed by atoms with van der Waals surface area (Å²) in [6.45, 7) is 0.281. The van der Waals surface area contributed by atoms with Crippen molar-refractivity contribution in [2.75, 3.05) is 5.32 Å². The van der Waals surface area contributed by atoms with Crippen LogP contribution in [0.1, 0.15) is 16.1 Å². The van der Waals surface area contributed by atoms with E-state index in [1.54, 1.807) is 12.3 Å². The summed E-state index contributed by atoms with van der Waals surface area (Å²) in [5.74, 6) is -1.44. The number of carbonyl (C=O) groups is 1. The first-order chi connectivity index (χ1) is 11.9. The molecule has 0 aliphatic carbocycles. The number of nitrogens with one attached hydrogen (secondary N) is 2. The van der Waals surface area contributed by atoms with Crippen LogP contribution in [0.3, 0.4) is 0 Å². The molecule has 0 aliphatic heterocycles. The summed E-state index contributed by atoms with van der Waals surface area (Å²) in [6.07, 6.45) is 2.94. The number of benzene rings is 1. The molecule has 2 N–H and O–H groups in total. The van der Waals surface area contributed by atoms with Crippen molar-refractivity contribution in [1.82, 2.24) is 20.0 Å². The van der Waals surface area contributed by atoms with Gasteiger partial charge in [0.05, 0.1) is 24.5 Å². The van der Waals surface area contributed by atoms with Crippen LogP contribution >= 0.6 is 11.6 Å². The average molecular weight is 365 g/mol. The monoisotopic (exact) mass is 364 g/mol. The van der Waals surface area contributed by atoms with E-state index in [0.717, 1.165) is 6.07 Å². The van der Waals surface area contributed by atoms with Crippen LogP contribution in [0.4, 0.5) is 15.9 Å². The number of nitrogens with zero attached hydrogens (tertiary/aromatic N) is 4. The third-order valence-electron chi connectivity index (χ3n) is 3.23. The molecule has 3 rings (SSSR count). The molecule has 128 valence electrons. The van der Waals surface area contributed by atoms with Crippen molar-refractivity contribution in [1.29, 1.82) is 0 Å². The van der Waals surface area contributed by atoms with Crippen molar-refractivity contribution in [3.8, 4) is 0 Å². The van der Waals surface area contributed by atoms with E-state index in [-0.39, 0.29) is 23.1 Å². The Morgan fingerprint density at radius 3 is 2.92 bits per heavy atom. The zero-order chi connectivity index (χ0) is 18.0. The highest BCUT2D eigenvalue weighted by Crippen LogP contribution is 2.19. The highest BCUT2D eigenvalue weighted by molar-refractivity contribution is 6.31. The van der Waals surface area contributed by atoms with Crippen molar-refractivity contribution in [3.63, 3.8) is 0 Å². The van der Waals surface area contributed by atoms with Gasteiger partial charge in [0.15, 0.2) is 5.69 Å². The predicted molar refractivity (Wildman–Crippen MR) is 85.9 cm³/mol. The number of amides is 1. The number of aromatic amines is 1. The Labute approximate surface area is 144 Å². The molecule has 0 spiro atoms. The lowest BCUT2D eigenvalue weighted by Gasteiger charge is -2.04. The van der Waals surface area contributed by atoms with E-state index in [0.29, 0.717) is 11.3 Å². The van der Waals surface area contributed by atoms with Gasteiger partial charge in [-0.05, 0) is 22.6 Å². The highest BCUT2D eigenvalue weighted by atomic mass is 35.5. The van der Waals surface area contributed by atoms with Gasteiger partial charge in [-0.1, -0.05) is 22.8 Å². The summed E-state index contributed by atoms with van der Waals surface area (Å²) in [7, 11) is 0. The topological polar surface area (TPSA) is 119 Å². The zero-order valence-electron chi connectivity index (χ0n) is 12.4. The molecule has 25 heavy (non-hydrogen) atoms. The molecule has 9 nitrogen and oxygen atoms in total. The SMILES string of the molecule is O=C(Nc1cnn(Cc2ccc(F)cc2Cl)c1)c1cc([N+](=O)[O-])[nH]n1. The Bertz CT molecular complexity index is 954. The number of carbonyl (C=O) groups excluding carboxylic acids is 1. The molecule has 0 fully saturated rings. The Morgan fingerprint density at radius 1 is 1.44 bits per heavy atom. The average Bonchev–Trinajstić information content (AvgIpc) is 3.19. The van der Waals surface area contributed by atoms with E-state index >= 15 is 0 Å². The van der Waals surface area contributed by atoms with Gasteiger partial charge in [-0.25, -0.2) is 4.39 Å². The standard InChI is InChI=1S/C14H10ClFN6O3/c15-11-3-9(16)2-1-8(11)6-21-7-10(5-17-21)18-14(23)12-4-13(20-19-12)22(24)25/h1-5,7H,6H2,(H,18,23)(H,19,20). The Morgan fingerprint density at radius 2 is 2.24 bits per heavy atom. The van der Waals surface area contributed by atoms with Gasteiger partial charge in [-0.2, -0.15) is 5.10 Å². The molecule has 0 bridgehead atoms. The van der Waals surface area contributed by atoms with E-state index < -0.39 is 16.6 Å². The summed E-state index contributed by atoms with van der Waals surface area (Å²) in [4.78, 5) is 21.9. The largest absolute Gasteiger partial charge is 0.358 e. The van der Waals surface area contributed by atoms with Crippen LogP contribution in [0, 0.1) is 15.9 Å². The van der Waals surface area contributed by atoms with Crippen LogP contribution in [0.2, 0.25) is 5.02 Å². The molecular weight excluding hydrogens is 355 g/mol. The number of hydrogen-bond donors (Lipinski definition) is 2. The number of aromatic nitrogens is 4. The number of anilines is 1. The van der Waals surface area contributed by atoms with Crippen molar-refractivity contribution in [3.05, 3.63) is 68.9 Å². The third kappa shape index (κ3) is 3.80. The summed E-state index contributed by atoms with van der Waals surface area (Å²) < 4.78 is 14.5. The number of rotatable bonds is 5. The molecule has 1 amide bonds. The first-order valence-corrected chi connectivity index (χ1v) is 7.27. The fraction of sp³-hybridized carbons (Fsp3) is 0.0714. The van der Waals surface area contributed by atoms with E-state index in [1.807, 2.05) is 0 Å². The van der Waals surface area contributed by atoms with Crippen molar-refractivity contribution >= 4 is 29.0 Å². The van der Waals surface area contributed by atoms with E-state index in [1.165, 1.54) is 23.0 Å². The van der Waals surface area contributed by atoms with Gasteiger partial charge < -0.3 is 15.4 Å². The van der Waals surface area contributed by atoms with E-state index in [2.05, 4.69) is 20.6 Å². The van der Waals surface area contributed by atoms with Gasteiger partial charge in [0.2, 0.25) is 0 Å². The van der Waals surface area contributed by atoms with Crippen LogP contribution in [0.5, 0.6) is 0 Å². The van der Waals surface area contributed by atoms with Crippen molar-refractivity contribution in [2.45, 2.75) is 6.54 Å². The molecule has 2 heterocycles. The molecule has 0 radical (unpaired) electrons. The number of nitro groups is 1. The molecule has 2 aromatic heterocycles. The minimum atomic E-state index is -0.686. The smallest absolute Gasteiger partial charge is 0.343 e. The normalized spacial score (nSPS) is 10.6. The summed E-state index contributed by atoms with van der Waals surface area (Å²) in [5, 5.41) is 23.1. The Kier molecular flexibility index (Phi) is 4.44. The zero-order valence-corrected chi connectivity index (χ0v) is 13.2. The molecule has 11 heteroatoms. The number of hydrogen-bond acceptors (Lipinski definition) is 5. The lowest BCUT2D eigenvalue weighted by Crippen LogP contribution is -2.11. The van der Waals surface area contributed by atoms with Crippen LogP contribution < -0.4 is 5.32 Å². The Balaban J connectivity index is 1.68. The Hall–Kier alpha value is -3.27.